The van der Waals surface area contributed by atoms with E-state index in [-0.39, 0.29) is 16.6 Å². The fourth-order valence-corrected chi connectivity index (χ4v) is 4.92. The second-order valence-electron chi connectivity index (χ2n) is 6.68. The van der Waals surface area contributed by atoms with Crippen LogP contribution >= 0.6 is 31.9 Å². The van der Waals surface area contributed by atoms with Crippen molar-refractivity contribution in [3.8, 4) is 16.9 Å². The van der Waals surface area contributed by atoms with Gasteiger partial charge in [-0.1, -0.05) is 18.2 Å². The SMILES string of the molecule is NS(=O)(=O)c1ccc(-c2ccc3c(c2)C(=Cc2cc(Br)c(O)c(Br)c2)C(=O)N3)cc1. The normalized spacial score (nSPS) is 14.6. The average Bonchev–Trinajstić information content (AvgIpc) is 3.00. The van der Waals surface area contributed by atoms with E-state index < -0.39 is 10.0 Å². The van der Waals surface area contributed by atoms with Crippen molar-refractivity contribution in [3.63, 3.8) is 0 Å². The average molecular weight is 550 g/mol. The molecule has 4 rings (SSSR count). The first-order chi connectivity index (χ1) is 14.1. The van der Waals surface area contributed by atoms with E-state index in [9.17, 15) is 18.3 Å². The molecule has 3 aromatic carbocycles. The minimum atomic E-state index is -3.76. The number of sulfonamides is 1. The van der Waals surface area contributed by atoms with Gasteiger partial charge in [-0.15, -0.1) is 0 Å². The first-order valence-corrected chi connectivity index (χ1v) is 11.8. The molecule has 1 aliphatic rings. The van der Waals surface area contributed by atoms with Crippen LogP contribution in [-0.2, 0) is 14.8 Å². The quantitative estimate of drug-likeness (QED) is 0.410. The molecule has 0 atom stereocenters. The summed E-state index contributed by atoms with van der Waals surface area (Å²) in [6.07, 6.45) is 1.74. The van der Waals surface area contributed by atoms with Gasteiger partial charge in [0.05, 0.1) is 13.8 Å². The summed E-state index contributed by atoms with van der Waals surface area (Å²) in [6.45, 7) is 0. The van der Waals surface area contributed by atoms with Crippen LogP contribution in [0.2, 0.25) is 0 Å². The minimum Gasteiger partial charge on any atom is -0.506 e. The predicted molar refractivity (Wildman–Crippen MR) is 123 cm³/mol. The summed E-state index contributed by atoms with van der Waals surface area (Å²) in [5.41, 5.74) is 4.25. The number of phenolic OH excluding ortho intramolecular Hbond substituents is 1. The maximum atomic E-state index is 12.5. The van der Waals surface area contributed by atoms with Crippen LogP contribution in [0.15, 0.2) is 68.4 Å². The van der Waals surface area contributed by atoms with E-state index in [1.165, 1.54) is 12.1 Å². The van der Waals surface area contributed by atoms with Gasteiger partial charge >= 0.3 is 0 Å². The zero-order valence-corrected chi connectivity index (χ0v) is 19.2. The highest BCUT2D eigenvalue weighted by Gasteiger charge is 2.25. The molecule has 1 amide bonds. The summed E-state index contributed by atoms with van der Waals surface area (Å²) in [4.78, 5) is 12.6. The molecule has 4 N–H and O–H groups in total. The Balaban J connectivity index is 1.77. The van der Waals surface area contributed by atoms with Crippen molar-refractivity contribution < 1.29 is 18.3 Å². The summed E-state index contributed by atoms with van der Waals surface area (Å²) < 4.78 is 23.9. The van der Waals surface area contributed by atoms with E-state index in [1.54, 1.807) is 36.4 Å². The monoisotopic (exact) mass is 548 g/mol. The Labute approximate surface area is 189 Å². The van der Waals surface area contributed by atoms with Gasteiger partial charge in [-0.25, -0.2) is 13.6 Å². The number of amides is 1. The minimum absolute atomic E-state index is 0.0355. The van der Waals surface area contributed by atoms with E-state index in [0.717, 1.165) is 22.3 Å². The molecule has 0 aromatic heterocycles. The van der Waals surface area contributed by atoms with Crippen molar-refractivity contribution in [2.24, 2.45) is 5.14 Å². The molecule has 30 heavy (non-hydrogen) atoms. The van der Waals surface area contributed by atoms with E-state index in [4.69, 9.17) is 5.14 Å². The number of aromatic hydroxyl groups is 1. The molecular formula is C21H14Br2N2O4S. The van der Waals surface area contributed by atoms with Crippen molar-refractivity contribution in [2.75, 3.05) is 5.32 Å². The standard InChI is InChI=1S/C21H14Br2N2O4S/c22-17-8-11(9-18(23)20(17)26)7-16-15-10-13(3-6-19(15)25-21(16)27)12-1-4-14(5-2-12)30(24,28)29/h1-10,26H,(H,25,27)(H2,24,28,29). The van der Waals surface area contributed by atoms with Crippen LogP contribution in [0.1, 0.15) is 11.1 Å². The number of nitrogens with two attached hydrogens (primary N) is 1. The summed E-state index contributed by atoms with van der Waals surface area (Å²) >= 11 is 6.59. The molecule has 6 nitrogen and oxygen atoms in total. The molecule has 0 aliphatic carbocycles. The molecule has 1 aliphatic heterocycles. The Kier molecular flexibility index (Phi) is 5.31. The number of rotatable bonds is 3. The third-order valence-corrected chi connectivity index (χ3v) is 6.81. The Hall–Kier alpha value is -2.46. The number of carbonyl (C=O) groups is 1. The first-order valence-electron chi connectivity index (χ1n) is 8.62. The van der Waals surface area contributed by atoms with Crippen LogP contribution in [0.3, 0.4) is 0 Å². The smallest absolute Gasteiger partial charge is 0.256 e. The van der Waals surface area contributed by atoms with Gasteiger partial charge in [-0.05, 0) is 91.0 Å². The van der Waals surface area contributed by atoms with Crippen LogP contribution in [0, 0.1) is 0 Å². The topological polar surface area (TPSA) is 109 Å². The fraction of sp³-hybridized carbons (Fsp3) is 0. The molecule has 3 aromatic rings. The second-order valence-corrected chi connectivity index (χ2v) is 9.95. The van der Waals surface area contributed by atoms with Crippen LogP contribution in [0.25, 0.3) is 22.8 Å². The van der Waals surface area contributed by atoms with Gasteiger partial charge in [0.2, 0.25) is 10.0 Å². The summed E-state index contributed by atoms with van der Waals surface area (Å²) in [6, 6.07) is 15.2. The van der Waals surface area contributed by atoms with Gasteiger partial charge in [-0.2, -0.15) is 0 Å². The van der Waals surface area contributed by atoms with Crippen molar-refractivity contribution in [1.29, 1.82) is 0 Å². The molecule has 0 fully saturated rings. The lowest BCUT2D eigenvalue weighted by molar-refractivity contribution is -0.110. The molecule has 152 valence electrons. The third kappa shape index (κ3) is 3.93. The number of anilines is 1. The predicted octanol–water partition coefficient (Wildman–Crippen LogP) is 4.72. The van der Waals surface area contributed by atoms with E-state index in [1.807, 2.05) is 12.1 Å². The molecule has 0 saturated heterocycles. The van der Waals surface area contributed by atoms with Crippen molar-refractivity contribution >= 4 is 65.1 Å². The Morgan fingerprint density at radius 3 is 2.13 bits per heavy atom. The third-order valence-electron chi connectivity index (χ3n) is 4.67. The summed E-state index contributed by atoms with van der Waals surface area (Å²) in [5, 5.41) is 17.9. The molecule has 1 heterocycles. The van der Waals surface area contributed by atoms with Crippen molar-refractivity contribution in [2.45, 2.75) is 4.90 Å². The van der Waals surface area contributed by atoms with Gasteiger partial charge in [0.25, 0.3) is 5.91 Å². The Bertz CT molecular complexity index is 1310. The van der Waals surface area contributed by atoms with Crippen LogP contribution in [0.4, 0.5) is 5.69 Å². The number of primary sulfonamides is 1. The number of fused-ring (bicyclic) bond motifs is 1. The molecular weight excluding hydrogens is 536 g/mol. The molecule has 0 spiro atoms. The van der Waals surface area contributed by atoms with E-state index in [2.05, 4.69) is 37.2 Å². The number of hydrogen-bond acceptors (Lipinski definition) is 4. The zero-order valence-electron chi connectivity index (χ0n) is 15.2. The molecule has 9 heteroatoms. The number of nitrogens with one attached hydrogen (secondary N) is 1. The van der Waals surface area contributed by atoms with Gasteiger partial charge in [0.15, 0.2) is 0 Å². The van der Waals surface area contributed by atoms with Gasteiger partial charge in [0.1, 0.15) is 5.75 Å². The number of hydrogen-bond donors (Lipinski definition) is 3. The molecule has 0 bridgehead atoms. The highest BCUT2D eigenvalue weighted by molar-refractivity contribution is 9.11. The number of benzene rings is 3. The highest BCUT2D eigenvalue weighted by Crippen LogP contribution is 2.38. The summed E-state index contributed by atoms with van der Waals surface area (Å²) in [7, 11) is -3.76. The van der Waals surface area contributed by atoms with Gasteiger partial charge in [-0.3, -0.25) is 4.79 Å². The van der Waals surface area contributed by atoms with Gasteiger partial charge in [0, 0.05) is 16.8 Å². The van der Waals surface area contributed by atoms with Crippen LogP contribution in [0.5, 0.6) is 5.75 Å². The number of carbonyl (C=O) groups excluding carboxylic acids is 1. The first kappa shape index (κ1) is 20.8. The van der Waals surface area contributed by atoms with Crippen molar-refractivity contribution in [3.05, 3.63) is 74.7 Å². The lowest BCUT2D eigenvalue weighted by atomic mass is 9.98. The second kappa shape index (κ2) is 7.66. The fourth-order valence-electron chi connectivity index (χ4n) is 3.18. The lowest BCUT2D eigenvalue weighted by Crippen LogP contribution is -2.11. The van der Waals surface area contributed by atoms with Crippen LogP contribution in [-0.4, -0.2) is 19.4 Å². The largest absolute Gasteiger partial charge is 0.506 e. The van der Waals surface area contributed by atoms with E-state index >= 15 is 0 Å². The maximum Gasteiger partial charge on any atom is 0.256 e. The zero-order chi connectivity index (χ0) is 21.6. The summed E-state index contributed by atoms with van der Waals surface area (Å²) in [5.74, 6) is -0.148. The van der Waals surface area contributed by atoms with Crippen molar-refractivity contribution in [1.82, 2.24) is 0 Å². The maximum absolute atomic E-state index is 12.5. The molecule has 0 unspecified atom stereocenters. The number of halogens is 2. The number of phenols is 1. The van der Waals surface area contributed by atoms with Crippen LogP contribution < -0.4 is 10.5 Å². The highest BCUT2D eigenvalue weighted by atomic mass is 79.9. The van der Waals surface area contributed by atoms with E-state index in [0.29, 0.717) is 20.2 Å². The Morgan fingerprint density at radius 2 is 1.53 bits per heavy atom. The van der Waals surface area contributed by atoms with Gasteiger partial charge < -0.3 is 10.4 Å². The molecule has 0 radical (unpaired) electrons. The Morgan fingerprint density at radius 1 is 0.933 bits per heavy atom. The lowest BCUT2D eigenvalue weighted by Gasteiger charge is -2.07. The molecule has 0 saturated carbocycles.